The lowest BCUT2D eigenvalue weighted by molar-refractivity contribution is 0.413. The van der Waals surface area contributed by atoms with Gasteiger partial charge in [0.05, 0.1) is 10.4 Å². The Labute approximate surface area is 133 Å². The summed E-state index contributed by atoms with van der Waals surface area (Å²) in [6.07, 6.45) is 6.86. The molecule has 2 aromatic heterocycles. The van der Waals surface area contributed by atoms with Crippen LogP contribution in [-0.2, 0) is 10.0 Å². The van der Waals surface area contributed by atoms with E-state index in [9.17, 15) is 8.42 Å². The highest BCUT2D eigenvalue weighted by molar-refractivity contribution is 7.98. The second-order valence-corrected chi connectivity index (χ2v) is 8.21. The quantitative estimate of drug-likeness (QED) is 0.925. The van der Waals surface area contributed by atoms with Crippen LogP contribution in [0.15, 0.2) is 23.4 Å². The number of hydrogen-bond donors (Lipinski definition) is 1. The van der Waals surface area contributed by atoms with E-state index in [4.69, 9.17) is 11.6 Å². The molecular weight excluding hydrogens is 330 g/mol. The zero-order valence-electron chi connectivity index (χ0n) is 11.5. The molecule has 2 aromatic rings. The molecule has 8 heteroatoms. The molecule has 3 rings (SSSR count). The van der Waals surface area contributed by atoms with Crippen molar-refractivity contribution in [3.05, 3.63) is 23.5 Å². The molecule has 0 unspecified atom stereocenters. The first kappa shape index (κ1) is 15.1. The molecule has 1 N–H and O–H groups in total. The van der Waals surface area contributed by atoms with E-state index in [1.807, 2.05) is 6.26 Å². The van der Waals surface area contributed by atoms with Gasteiger partial charge in [-0.3, -0.25) is 0 Å². The zero-order valence-corrected chi connectivity index (χ0v) is 13.9. The summed E-state index contributed by atoms with van der Waals surface area (Å²) in [6, 6.07) is 1.67. The maximum Gasteiger partial charge on any atom is 0.245 e. The van der Waals surface area contributed by atoms with Gasteiger partial charge in [-0.05, 0) is 25.2 Å². The number of rotatable bonds is 4. The first-order valence-corrected chi connectivity index (χ1v) is 9.89. The van der Waals surface area contributed by atoms with Crippen LogP contribution in [0, 0.1) is 0 Å². The maximum atomic E-state index is 13.0. The number of H-pyrrole nitrogens is 1. The van der Waals surface area contributed by atoms with Gasteiger partial charge in [-0.15, -0.1) is 0 Å². The minimum absolute atomic E-state index is 0.0606. The summed E-state index contributed by atoms with van der Waals surface area (Å²) in [5.41, 5.74) is 0.502. The van der Waals surface area contributed by atoms with Crippen molar-refractivity contribution in [3.8, 4) is 0 Å². The third-order valence-electron chi connectivity index (χ3n) is 3.76. The number of thioether (sulfide) groups is 1. The molecule has 0 amide bonds. The van der Waals surface area contributed by atoms with Crippen LogP contribution in [0.25, 0.3) is 11.0 Å². The number of fused-ring (bicyclic) bond motifs is 1. The molecule has 0 spiro atoms. The average molecular weight is 346 g/mol. The topological polar surface area (TPSA) is 66.1 Å². The molecule has 0 aromatic carbocycles. The molecule has 1 aliphatic heterocycles. The van der Waals surface area contributed by atoms with Gasteiger partial charge in [0, 0.05) is 30.7 Å². The van der Waals surface area contributed by atoms with Gasteiger partial charge in [-0.2, -0.15) is 16.1 Å². The average Bonchev–Trinajstić information content (AvgIpc) is 3.06. The molecule has 1 fully saturated rings. The Balaban J connectivity index is 2.08. The molecule has 1 aliphatic rings. The highest BCUT2D eigenvalue weighted by Crippen LogP contribution is 2.33. The van der Waals surface area contributed by atoms with Crippen molar-refractivity contribution >= 4 is 44.4 Å². The monoisotopic (exact) mass is 345 g/mol. The predicted octanol–water partition coefficient (Wildman–Crippen LogP) is 2.73. The zero-order chi connectivity index (χ0) is 15.0. The van der Waals surface area contributed by atoms with Gasteiger partial charge < -0.3 is 4.98 Å². The predicted molar refractivity (Wildman–Crippen MR) is 86.4 cm³/mol. The first-order chi connectivity index (χ1) is 10.1. The maximum absolute atomic E-state index is 13.0. The molecular formula is C13H16ClN3O2S2. The van der Waals surface area contributed by atoms with Crippen molar-refractivity contribution in [2.24, 2.45) is 0 Å². The largest absolute Gasteiger partial charge is 0.345 e. The molecule has 114 valence electrons. The first-order valence-electron chi connectivity index (χ1n) is 6.68. The van der Waals surface area contributed by atoms with Gasteiger partial charge in [0.1, 0.15) is 10.5 Å². The van der Waals surface area contributed by atoms with Crippen molar-refractivity contribution in [1.29, 1.82) is 0 Å². The van der Waals surface area contributed by atoms with Gasteiger partial charge in [0.15, 0.2) is 0 Å². The lowest BCUT2D eigenvalue weighted by Crippen LogP contribution is -2.36. The fraction of sp³-hybridized carbons (Fsp3) is 0.462. The third-order valence-corrected chi connectivity index (χ3v) is 6.76. The Morgan fingerprint density at radius 1 is 1.57 bits per heavy atom. The van der Waals surface area contributed by atoms with Gasteiger partial charge in [0.2, 0.25) is 10.0 Å². The van der Waals surface area contributed by atoms with Crippen molar-refractivity contribution < 1.29 is 8.42 Å². The van der Waals surface area contributed by atoms with Gasteiger partial charge in [-0.1, -0.05) is 11.6 Å². The number of nitrogens with zero attached hydrogens (tertiary/aromatic N) is 2. The van der Waals surface area contributed by atoms with E-state index in [1.165, 1.54) is 6.20 Å². The van der Waals surface area contributed by atoms with E-state index < -0.39 is 10.0 Å². The van der Waals surface area contributed by atoms with Crippen LogP contribution in [-0.4, -0.2) is 47.3 Å². The molecule has 5 nitrogen and oxygen atoms in total. The van der Waals surface area contributed by atoms with Crippen LogP contribution in [0.1, 0.15) is 12.8 Å². The molecule has 0 bridgehead atoms. The van der Waals surface area contributed by atoms with E-state index >= 15 is 0 Å². The summed E-state index contributed by atoms with van der Waals surface area (Å²) < 4.78 is 27.5. The summed E-state index contributed by atoms with van der Waals surface area (Å²) in [5.74, 6) is 0.813. The SMILES string of the molecule is CSC[C@H]1CCCN1S(=O)(=O)c1c[nH]c2nccc(Cl)c12. The highest BCUT2D eigenvalue weighted by atomic mass is 35.5. The van der Waals surface area contributed by atoms with Crippen LogP contribution in [0.4, 0.5) is 0 Å². The van der Waals surface area contributed by atoms with E-state index in [2.05, 4.69) is 9.97 Å². The van der Waals surface area contributed by atoms with Crippen LogP contribution in [0.3, 0.4) is 0 Å². The number of sulfonamides is 1. The van der Waals surface area contributed by atoms with Crippen molar-refractivity contribution in [2.45, 2.75) is 23.8 Å². The Morgan fingerprint density at radius 2 is 2.38 bits per heavy atom. The fourth-order valence-electron chi connectivity index (χ4n) is 2.80. The van der Waals surface area contributed by atoms with Crippen LogP contribution < -0.4 is 0 Å². The number of nitrogens with one attached hydrogen (secondary N) is 1. The van der Waals surface area contributed by atoms with Gasteiger partial charge in [-0.25, -0.2) is 13.4 Å². The van der Waals surface area contributed by atoms with E-state index in [0.717, 1.165) is 18.6 Å². The fourth-order valence-corrected chi connectivity index (χ4v) is 5.80. The summed E-state index contributed by atoms with van der Waals surface area (Å²) in [4.78, 5) is 7.26. The molecule has 0 saturated carbocycles. The molecule has 3 heterocycles. The number of halogens is 1. The molecule has 1 atom stereocenters. The third kappa shape index (κ3) is 2.56. The van der Waals surface area contributed by atoms with Crippen LogP contribution in [0.5, 0.6) is 0 Å². The Hall–Kier alpha value is -0.760. The van der Waals surface area contributed by atoms with Crippen LogP contribution >= 0.6 is 23.4 Å². The second-order valence-electron chi connectivity index (χ2n) is 5.04. The summed E-state index contributed by atoms with van der Waals surface area (Å²) >= 11 is 7.84. The number of pyridine rings is 1. The Kier molecular flexibility index (Phi) is 4.18. The minimum Gasteiger partial charge on any atom is -0.345 e. The van der Waals surface area contributed by atoms with E-state index in [1.54, 1.807) is 28.3 Å². The summed E-state index contributed by atoms with van der Waals surface area (Å²) in [6.45, 7) is 0.568. The lowest BCUT2D eigenvalue weighted by Gasteiger charge is -2.23. The van der Waals surface area contributed by atoms with Crippen molar-refractivity contribution in [1.82, 2.24) is 14.3 Å². The van der Waals surface area contributed by atoms with Gasteiger partial charge >= 0.3 is 0 Å². The Morgan fingerprint density at radius 3 is 3.14 bits per heavy atom. The smallest absolute Gasteiger partial charge is 0.245 e. The molecule has 21 heavy (non-hydrogen) atoms. The summed E-state index contributed by atoms with van der Waals surface area (Å²) in [7, 11) is -3.55. The number of aromatic nitrogens is 2. The van der Waals surface area contributed by atoms with E-state index in [0.29, 0.717) is 22.6 Å². The van der Waals surface area contributed by atoms with E-state index in [-0.39, 0.29) is 10.9 Å². The minimum atomic E-state index is -3.55. The van der Waals surface area contributed by atoms with Crippen molar-refractivity contribution in [3.63, 3.8) is 0 Å². The molecule has 1 saturated heterocycles. The Bertz CT molecular complexity index is 760. The molecule has 0 aliphatic carbocycles. The number of aromatic amines is 1. The standard InChI is InChI=1S/C13H16ClN3O2S2/c1-20-8-9-3-2-6-17(9)21(18,19)11-7-16-13-12(11)10(14)4-5-15-13/h4-5,7,9H,2-3,6,8H2,1H3,(H,15,16)/t9-/m1/s1. The summed E-state index contributed by atoms with van der Waals surface area (Å²) in [5, 5.41) is 0.884. The van der Waals surface area contributed by atoms with Crippen molar-refractivity contribution in [2.75, 3.05) is 18.6 Å². The lowest BCUT2D eigenvalue weighted by atomic mass is 10.3. The normalized spacial score (nSPS) is 20.4. The van der Waals surface area contributed by atoms with Gasteiger partial charge in [0.25, 0.3) is 0 Å². The molecule has 0 radical (unpaired) electrons. The van der Waals surface area contributed by atoms with Crippen LogP contribution in [0.2, 0.25) is 5.02 Å². The second kappa shape index (κ2) is 5.79. The highest BCUT2D eigenvalue weighted by Gasteiger charge is 2.36. The number of hydrogen-bond acceptors (Lipinski definition) is 4.